The van der Waals surface area contributed by atoms with Crippen LogP contribution in [0.25, 0.3) is 0 Å². The number of nitrogens with zero attached hydrogens (tertiary/aromatic N) is 2. The minimum Gasteiger partial charge on any atom is -0.444 e. The molecule has 0 aromatic carbocycles. The summed E-state index contributed by atoms with van der Waals surface area (Å²) in [5.74, 6) is 0.731. The van der Waals surface area contributed by atoms with E-state index in [-0.39, 0.29) is 6.09 Å². The lowest BCUT2D eigenvalue weighted by molar-refractivity contribution is 0.0151. The van der Waals surface area contributed by atoms with Gasteiger partial charge in [0.1, 0.15) is 5.60 Å². The zero-order valence-electron chi connectivity index (χ0n) is 14.4. The molecule has 2 heterocycles. The third kappa shape index (κ3) is 3.74. The third-order valence-electron chi connectivity index (χ3n) is 5.26. The SMILES string of the molecule is CC(C)(C)OC(=O)N1CCC(CN2CCNCC23CC3)CC1. The van der Waals surface area contributed by atoms with Crippen molar-refractivity contribution in [3.63, 3.8) is 0 Å². The summed E-state index contributed by atoms with van der Waals surface area (Å²) in [5, 5.41) is 3.54. The fourth-order valence-electron chi connectivity index (χ4n) is 3.74. The molecular formula is C17H31N3O2. The first-order valence-electron chi connectivity index (χ1n) is 8.82. The van der Waals surface area contributed by atoms with Crippen LogP contribution < -0.4 is 5.32 Å². The van der Waals surface area contributed by atoms with E-state index in [4.69, 9.17) is 4.74 Å². The van der Waals surface area contributed by atoms with Crippen LogP contribution in [0, 0.1) is 5.92 Å². The molecule has 2 saturated heterocycles. The summed E-state index contributed by atoms with van der Waals surface area (Å²) in [6.45, 7) is 12.2. The number of likely N-dealkylation sites (tertiary alicyclic amines) is 1. The lowest BCUT2D eigenvalue weighted by Crippen LogP contribution is -2.55. The molecule has 3 rings (SSSR count). The Morgan fingerprint density at radius 1 is 1.23 bits per heavy atom. The number of hydrogen-bond donors (Lipinski definition) is 1. The van der Waals surface area contributed by atoms with Crippen LogP contribution in [0.4, 0.5) is 4.79 Å². The van der Waals surface area contributed by atoms with Crippen LogP contribution in [0.5, 0.6) is 0 Å². The molecule has 1 amide bonds. The van der Waals surface area contributed by atoms with Gasteiger partial charge in [-0.3, -0.25) is 4.90 Å². The Labute approximate surface area is 134 Å². The Hall–Kier alpha value is -0.810. The fourth-order valence-corrected chi connectivity index (χ4v) is 3.74. The smallest absolute Gasteiger partial charge is 0.410 e. The van der Waals surface area contributed by atoms with Crippen molar-refractivity contribution >= 4 is 6.09 Å². The topological polar surface area (TPSA) is 44.8 Å². The number of rotatable bonds is 2. The van der Waals surface area contributed by atoms with Crippen molar-refractivity contribution in [2.75, 3.05) is 39.3 Å². The van der Waals surface area contributed by atoms with Crippen molar-refractivity contribution in [1.29, 1.82) is 0 Å². The highest BCUT2D eigenvalue weighted by Crippen LogP contribution is 2.43. The first-order chi connectivity index (χ1) is 10.4. The number of carbonyl (C=O) groups is 1. The van der Waals surface area contributed by atoms with Gasteiger partial charge in [-0.15, -0.1) is 0 Å². The van der Waals surface area contributed by atoms with E-state index in [1.807, 2.05) is 25.7 Å². The van der Waals surface area contributed by atoms with Crippen molar-refractivity contribution in [2.24, 2.45) is 5.92 Å². The molecule has 1 N–H and O–H groups in total. The molecule has 0 aromatic rings. The second kappa shape index (κ2) is 6.00. The maximum absolute atomic E-state index is 12.1. The Morgan fingerprint density at radius 2 is 1.91 bits per heavy atom. The number of piperidine rings is 1. The first-order valence-corrected chi connectivity index (χ1v) is 8.82. The molecule has 5 heteroatoms. The second-order valence-electron chi connectivity index (χ2n) is 8.26. The Bertz CT molecular complexity index is 407. The largest absolute Gasteiger partial charge is 0.444 e. The van der Waals surface area contributed by atoms with Gasteiger partial charge >= 0.3 is 6.09 Å². The summed E-state index contributed by atoms with van der Waals surface area (Å²) < 4.78 is 5.47. The molecule has 0 aromatic heterocycles. The molecule has 1 aliphatic carbocycles. The molecule has 1 saturated carbocycles. The molecule has 22 heavy (non-hydrogen) atoms. The van der Waals surface area contributed by atoms with Gasteiger partial charge < -0.3 is 15.0 Å². The lowest BCUT2D eigenvalue weighted by atomic mass is 9.95. The maximum Gasteiger partial charge on any atom is 0.410 e. The second-order valence-corrected chi connectivity index (χ2v) is 8.26. The molecule has 5 nitrogen and oxygen atoms in total. The Morgan fingerprint density at radius 3 is 2.50 bits per heavy atom. The normalized spacial score (nSPS) is 26.2. The van der Waals surface area contributed by atoms with Gasteiger partial charge in [0.05, 0.1) is 0 Å². The molecule has 3 fully saturated rings. The molecule has 126 valence electrons. The Kier molecular flexibility index (Phi) is 4.38. The van der Waals surface area contributed by atoms with Gasteiger partial charge in [-0.1, -0.05) is 0 Å². The minimum atomic E-state index is -0.396. The van der Waals surface area contributed by atoms with Crippen LogP contribution in [0.1, 0.15) is 46.5 Å². The highest BCUT2D eigenvalue weighted by atomic mass is 16.6. The van der Waals surface area contributed by atoms with Gasteiger partial charge in [-0.2, -0.15) is 0 Å². The van der Waals surface area contributed by atoms with Crippen LogP contribution in [0.3, 0.4) is 0 Å². The monoisotopic (exact) mass is 309 g/mol. The number of ether oxygens (including phenoxy) is 1. The zero-order valence-corrected chi connectivity index (χ0v) is 14.4. The summed E-state index contributed by atoms with van der Waals surface area (Å²) in [6, 6.07) is 0. The van der Waals surface area contributed by atoms with Gasteiger partial charge in [0.15, 0.2) is 0 Å². The van der Waals surface area contributed by atoms with Crippen molar-refractivity contribution in [1.82, 2.24) is 15.1 Å². The average molecular weight is 309 g/mol. The quantitative estimate of drug-likeness (QED) is 0.848. The van der Waals surface area contributed by atoms with Gasteiger partial charge in [0, 0.05) is 44.8 Å². The minimum absolute atomic E-state index is 0.146. The first kappa shape index (κ1) is 16.1. The fraction of sp³-hybridized carbons (Fsp3) is 0.941. The van der Waals surface area contributed by atoms with Crippen molar-refractivity contribution in [3.05, 3.63) is 0 Å². The van der Waals surface area contributed by atoms with E-state index < -0.39 is 5.60 Å². The maximum atomic E-state index is 12.1. The Balaban J connectivity index is 1.45. The van der Waals surface area contributed by atoms with E-state index in [0.717, 1.165) is 38.4 Å². The van der Waals surface area contributed by atoms with E-state index >= 15 is 0 Å². The van der Waals surface area contributed by atoms with E-state index in [1.165, 1.54) is 32.5 Å². The zero-order chi connectivity index (χ0) is 15.8. The number of carbonyl (C=O) groups excluding carboxylic acids is 1. The van der Waals surface area contributed by atoms with Gasteiger partial charge in [0.2, 0.25) is 0 Å². The molecule has 0 atom stereocenters. The molecule has 0 radical (unpaired) electrons. The highest BCUT2D eigenvalue weighted by molar-refractivity contribution is 5.68. The standard InChI is InChI=1S/C17H31N3O2/c1-16(2,3)22-15(21)19-9-4-14(5-10-19)12-20-11-8-18-13-17(20)6-7-17/h14,18H,4-13H2,1-3H3. The lowest BCUT2D eigenvalue weighted by Gasteiger charge is -2.41. The van der Waals surface area contributed by atoms with Gasteiger partial charge in [0.25, 0.3) is 0 Å². The van der Waals surface area contributed by atoms with Crippen LogP contribution in [-0.4, -0.2) is 66.3 Å². The van der Waals surface area contributed by atoms with Crippen LogP contribution in [-0.2, 0) is 4.74 Å². The number of hydrogen-bond acceptors (Lipinski definition) is 4. The number of nitrogens with one attached hydrogen (secondary N) is 1. The van der Waals surface area contributed by atoms with E-state index in [2.05, 4.69) is 10.2 Å². The molecular weight excluding hydrogens is 278 g/mol. The number of amides is 1. The van der Waals surface area contributed by atoms with Gasteiger partial charge in [-0.05, 0) is 52.4 Å². The molecule has 0 bridgehead atoms. The molecule has 2 aliphatic heterocycles. The predicted octanol–water partition coefficient (Wildman–Crippen LogP) is 2.07. The van der Waals surface area contributed by atoms with E-state index in [9.17, 15) is 4.79 Å². The van der Waals surface area contributed by atoms with Crippen LogP contribution >= 0.6 is 0 Å². The van der Waals surface area contributed by atoms with Crippen molar-refractivity contribution in [3.8, 4) is 0 Å². The number of piperazine rings is 1. The summed E-state index contributed by atoms with van der Waals surface area (Å²) in [7, 11) is 0. The summed E-state index contributed by atoms with van der Waals surface area (Å²) >= 11 is 0. The van der Waals surface area contributed by atoms with Crippen LogP contribution in [0.2, 0.25) is 0 Å². The molecule has 1 spiro atoms. The van der Waals surface area contributed by atoms with Crippen molar-refractivity contribution < 1.29 is 9.53 Å². The summed E-state index contributed by atoms with van der Waals surface area (Å²) in [6.07, 6.45) is 4.79. The highest BCUT2D eigenvalue weighted by Gasteiger charge is 2.49. The third-order valence-corrected chi connectivity index (χ3v) is 5.26. The van der Waals surface area contributed by atoms with Gasteiger partial charge in [-0.25, -0.2) is 4.79 Å². The molecule has 0 unspecified atom stereocenters. The predicted molar refractivity (Wildman–Crippen MR) is 86.9 cm³/mol. The average Bonchev–Trinajstić information content (AvgIpc) is 3.21. The molecule has 3 aliphatic rings. The van der Waals surface area contributed by atoms with E-state index in [1.54, 1.807) is 0 Å². The van der Waals surface area contributed by atoms with Crippen molar-refractivity contribution in [2.45, 2.75) is 57.6 Å². The summed E-state index contributed by atoms with van der Waals surface area (Å²) in [5.41, 5.74) is 0.0909. The summed E-state index contributed by atoms with van der Waals surface area (Å²) in [4.78, 5) is 16.7. The van der Waals surface area contributed by atoms with E-state index in [0.29, 0.717) is 5.54 Å². The van der Waals surface area contributed by atoms with Crippen LogP contribution in [0.15, 0.2) is 0 Å².